The molecule has 2 rings (SSSR count). The number of rotatable bonds is 5. The lowest BCUT2D eigenvalue weighted by molar-refractivity contribution is 0.528. The molecule has 2 aromatic rings. The Labute approximate surface area is 127 Å². The molecular weight excluding hydrogens is 321 g/mol. The van der Waals surface area contributed by atoms with Crippen LogP contribution in [0.15, 0.2) is 35.1 Å². The van der Waals surface area contributed by atoms with Crippen LogP contribution >= 0.6 is 15.9 Å². The lowest BCUT2D eigenvalue weighted by Crippen LogP contribution is -2.17. The Bertz CT molecular complexity index is 560. The van der Waals surface area contributed by atoms with Crippen molar-refractivity contribution in [1.29, 1.82) is 0 Å². The summed E-state index contributed by atoms with van der Waals surface area (Å²) in [6.07, 6.45) is 3.92. The minimum Gasteiger partial charge on any atom is -0.306 e. The number of hydrogen-bond acceptors (Lipinski definition) is 2. The van der Waals surface area contributed by atoms with Crippen LogP contribution in [-0.2, 0) is 6.54 Å². The van der Waals surface area contributed by atoms with E-state index >= 15 is 0 Å². The van der Waals surface area contributed by atoms with Gasteiger partial charge in [0, 0.05) is 34.9 Å². The molecule has 0 aliphatic heterocycles. The van der Waals surface area contributed by atoms with Gasteiger partial charge < -0.3 is 5.32 Å². The molecule has 3 nitrogen and oxygen atoms in total. The Morgan fingerprint density at radius 2 is 2.05 bits per heavy atom. The standard InChI is InChI=1S/C15H19BrFN3/c1-10(2)20-9-13(8-19-20)11(3)18-7-12-4-14(16)6-15(17)5-12/h4-6,8-11,18H,7H2,1-3H3/t11-/m1/s1. The fourth-order valence-electron chi connectivity index (χ4n) is 1.96. The Hall–Kier alpha value is -1.20. The van der Waals surface area contributed by atoms with E-state index in [0.717, 1.165) is 15.6 Å². The summed E-state index contributed by atoms with van der Waals surface area (Å²) in [5.41, 5.74) is 2.05. The summed E-state index contributed by atoms with van der Waals surface area (Å²) in [6, 6.07) is 5.45. The second-order valence-corrected chi connectivity index (χ2v) is 6.14. The third-order valence-electron chi connectivity index (χ3n) is 3.19. The van der Waals surface area contributed by atoms with Crippen LogP contribution in [0.1, 0.15) is 44.0 Å². The van der Waals surface area contributed by atoms with Crippen molar-refractivity contribution in [3.8, 4) is 0 Å². The van der Waals surface area contributed by atoms with Gasteiger partial charge in [-0.3, -0.25) is 4.68 Å². The van der Waals surface area contributed by atoms with Gasteiger partial charge in [0.15, 0.2) is 0 Å². The Morgan fingerprint density at radius 3 is 2.65 bits per heavy atom. The first-order valence-electron chi connectivity index (χ1n) is 6.68. The van der Waals surface area contributed by atoms with E-state index in [1.54, 1.807) is 6.07 Å². The van der Waals surface area contributed by atoms with Gasteiger partial charge in [0.25, 0.3) is 0 Å². The average molecular weight is 340 g/mol. The highest BCUT2D eigenvalue weighted by Gasteiger charge is 2.09. The van der Waals surface area contributed by atoms with Crippen molar-refractivity contribution in [3.63, 3.8) is 0 Å². The van der Waals surface area contributed by atoms with Crippen LogP contribution in [0, 0.1) is 5.82 Å². The Morgan fingerprint density at radius 1 is 1.30 bits per heavy atom. The van der Waals surface area contributed by atoms with Gasteiger partial charge in [0.1, 0.15) is 5.82 Å². The SMILES string of the molecule is CC(C)n1cc([C@@H](C)NCc2cc(F)cc(Br)c2)cn1. The molecular formula is C15H19BrFN3. The number of benzene rings is 1. The van der Waals surface area contributed by atoms with E-state index in [0.29, 0.717) is 12.6 Å². The van der Waals surface area contributed by atoms with Gasteiger partial charge in [-0.1, -0.05) is 15.9 Å². The van der Waals surface area contributed by atoms with E-state index < -0.39 is 0 Å². The zero-order valence-electron chi connectivity index (χ0n) is 11.9. The normalized spacial score (nSPS) is 12.9. The maximum atomic E-state index is 13.3. The van der Waals surface area contributed by atoms with Crippen molar-refractivity contribution >= 4 is 15.9 Å². The molecule has 1 heterocycles. The molecule has 1 aromatic heterocycles. The van der Waals surface area contributed by atoms with Crippen LogP contribution in [0.4, 0.5) is 4.39 Å². The molecule has 0 amide bonds. The molecule has 108 valence electrons. The van der Waals surface area contributed by atoms with Crippen LogP contribution in [0.25, 0.3) is 0 Å². The molecule has 1 atom stereocenters. The average Bonchev–Trinajstić information content (AvgIpc) is 2.84. The molecule has 0 saturated heterocycles. The van der Waals surface area contributed by atoms with Gasteiger partial charge in [-0.25, -0.2) is 4.39 Å². The maximum absolute atomic E-state index is 13.3. The number of halogens is 2. The van der Waals surface area contributed by atoms with Crippen molar-refractivity contribution in [1.82, 2.24) is 15.1 Å². The Kier molecular flexibility index (Phi) is 4.94. The second-order valence-electron chi connectivity index (χ2n) is 5.23. The topological polar surface area (TPSA) is 29.9 Å². The maximum Gasteiger partial charge on any atom is 0.124 e. The van der Waals surface area contributed by atoms with Crippen LogP contribution in [0.2, 0.25) is 0 Å². The summed E-state index contributed by atoms with van der Waals surface area (Å²) in [6.45, 7) is 6.89. The molecule has 0 spiro atoms. The molecule has 1 N–H and O–H groups in total. The van der Waals surface area contributed by atoms with Crippen molar-refractivity contribution in [3.05, 3.63) is 52.0 Å². The molecule has 0 aliphatic rings. The van der Waals surface area contributed by atoms with Crippen LogP contribution in [0.3, 0.4) is 0 Å². The lowest BCUT2D eigenvalue weighted by atomic mass is 10.1. The number of nitrogens with one attached hydrogen (secondary N) is 1. The summed E-state index contributed by atoms with van der Waals surface area (Å²) in [5, 5.41) is 7.71. The van der Waals surface area contributed by atoms with Crippen molar-refractivity contribution in [2.24, 2.45) is 0 Å². The quantitative estimate of drug-likeness (QED) is 0.883. The summed E-state index contributed by atoms with van der Waals surface area (Å²) < 4.78 is 16.0. The molecule has 20 heavy (non-hydrogen) atoms. The van der Waals surface area contributed by atoms with Crippen LogP contribution in [0.5, 0.6) is 0 Å². The third-order valence-corrected chi connectivity index (χ3v) is 3.64. The minimum absolute atomic E-state index is 0.171. The zero-order chi connectivity index (χ0) is 14.7. The minimum atomic E-state index is -0.226. The van der Waals surface area contributed by atoms with E-state index in [1.165, 1.54) is 6.07 Å². The third kappa shape index (κ3) is 3.90. The lowest BCUT2D eigenvalue weighted by Gasteiger charge is -2.12. The van der Waals surface area contributed by atoms with Gasteiger partial charge in [-0.15, -0.1) is 0 Å². The molecule has 1 aromatic carbocycles. The van der Waals surface area contributed by atoms with E-state index in [-0.39, 0.29) is 11.9 Å². The second kappa shape index (κ2) is 6.50. The predicted octanol–water partition coefficient (Wildman–Crippen LogP) is 4.22. The molecule has 0 unspecified atom stereocenters. The van der Waals surface area contributed by atoms with Crippen molar-refractivity contribution in [2.75, 3.05) is 0 Å². The van der Waals surface area contributed by atoms with Crippen LogP contribution in [-0.4, -0.2) is 9.78 Å². The first kappa shape index (κ1) is 15.2. The predicted molar refractivity (Wildman–Crippen MR) is 82.0 cm³/mol. The molecule has 0 radical (unpaired) electrons. The van der Waals surface area contributed by atoms with Gasteiger partial charge in [-0.2, -0.15) is 5.10 Å². The van der Waals surface area contributed by atoms with Gasteiger partial charge >= 0.3 is 0 Å². The summed E-state index contributed by atoms with van der Waals surface area (Å²) in [4.78, 5) is 0. The summed E-state index contributed by atoms with van der Waals surface area (Å²) in [5.74, 6) is -0.226. The van der Waals surface area contributed by atoms with Gasteiger partial charge in [0.05, 0.1) is 6.20 Å². The van der Waals surface area contributed by atoms with E-state index in [1.807, 2.05) is 23.1 Å². The number of hydrogen-bond donors (Lipinski definition) is 1. The Balaban J connectivity index is 1.98. The number of nitrogens with zero attached hydrogens (tertiary/aromatic N) is 2. The van der Waals surface area contributed by atoms with Crippen LogP contribution < -0.4 is 5.32 Å². The van der Waals surface area contributed by atoms with E-state index in [4.69, 9.17) is 0 Å². The van der Waals surface area contributed by atoms with Gasteiger partial charge in [-0.05, 0) is 44.5 Å². The molecule has 0 saturated carbocycles. The summed E-state index contributed by atoms with van der Waals surface area (Å²) in [7, 11) is 0. The molecule has 5 heteroatoms. The molecule has 0 fully saturated rings. The fourth-order valence-corrected chi connectivity index (χ4v) is 2.47. The van der Waals surface area contributed by atoms with Gasteiger partial charge in [0.2, 0.25) is 0 Å². The largest absolute Gasteiger partial charge is 0.306 e. The summed E-state index contributed by atoms with van der Waals surface area (Å²) >= 11 is 3.30. The fraction of sp³-hybridized carbons (Fsp3) is 0.400. The first-order chi connectivity index (χ1) is 9.45. The first-order valence-corrected chi connectivity index (χ1v) is 7.47. The smallest absolute Gasteiger partial charge is 0.124 e. The van der Waals surface area contributed by atoms with E-state index in [2.05, 4.69) is 47.1 Å². The van der Waals surface area contributed by atoms with E-state index in [9.17, 15) is 4.39 Å². The highest BCUT2D eigenvalue weighted by Crippen LogP contribution is 2.17. The number of aromatic nitrogens is 2. The van der Waals surface area contributed by atoms with Crippen molar-refractivity contribution < 1.29 is 4.39 Å². The highest BCUT2D eigenvalue weighted by atomic mass is 79.9. The van der Waals surface area contributed by atoms with Crippen molar-refractivity contribution in [2.45, 2.75) is 39.4 Å². The molecule has 0 bridgehead atoms. The molecule has 0 aliphatic carbocycles. The highest BCUT2D eigenvalue weighted by molar-refractivity contribution is 9.10. The zero-order valence-corrected chi connectivity index (χ0v) is 13.5. The monoisotopic (exact) mass is 339 g/mol.